The SMILES string of the molecule is CCNc1ccc(F)c(C(=O)OC)c1. The maximum atomic E-state index is 13.1. The van der Waals surface area contributed by atoms with Crippen LogP contribution < -0.4 is 5.32 Å². The Morgan fingerprint density at radius 3 is 2.86 bits per heavy atom. The van der Waals surface area contributed by atoms with Crippen LogP contribution in [-0.4, -0.2) is 19.6 Å². The summed E-state index contributed by atoms with van der Waals surface area (Å²) >= 11 is 0. The zero-order chi connectivity index (χ0) is 10.6. The first-order chi connectivity index (χ1) is 6.69. The van der Waals surface area contributed by atoms with Crippen molar-refractivity contribution in [1.82, 2.24) is 0 Å². The molecule has 0 fully saturated rings. The van der Waals surface area contributed by atoms with E-state index in [1.165, 1.54) is 19.2 Å². The zero-order valence-electron chi connectivity index (χ0n) is 8.13. The van der Waals surface area contributed by atoms with E-state index in [2.05, 4.69) is 10.1 Å². The molecule has 0 aliphatic heterocycles. The molecule has 1 rings (SSSR count). The van der Waals surface area contributed by atoms with Gasteiger partial charge in [0.2, 0.25) is 0 Å². The van der Waals surface area contributed by atoms with E-state index in [0.29, 0.717) is 12.2 Å². The molecule has 0 atom stereocenters. The number of ether oxygens (including phenoxy) is 1. The highest BCUT2D eigenvalue weighted by atomic mass is 19.1. The van der Waals surface area contributed by atoms with Crippen molar-refractivity contribution < 1.29 is 13.9 Å². The number of anilines is 1. The molecule has 0 aliphatic carbocycles. The summed E-state index contributed by atoms with van der Waals surface area (Å²) < 4.78 is 17.6. The predicted molar refractivity (Wildman–Crippen MR) is 51.9 cm³/mol. The molecule has 76 valence electrons. The number of carbonyl (C=O) groups is 1. The van der Waals surface area contributed by atoms with Gasteiger partial charge in [0.25, 0.3) is 0 Å². The lowest BCUT2D eigenvalue weighted by atomic mass is 10.2. The molecule has 1 aromatic rings. The normalized spacial score (nSPS) is 9.64. The average Bonchev–Trinajstić information content (AvgIpc) is 2.20. The molecule has 0 radical (unpaired) electrons. The van der Waals surface area contributed by atoms with E-state index < -0.39 is 11.8 Å². The maximum absolute atomic E-state index is 13.1. The lowest BCUT2D eigenvalue weighted by molar-refractivity contribution is 0.0595. The summed E-state index contributed by atoms with van der Waals surface area (Å²) in [6, 6.07) is 4.25. The first-order valence-electron chi connectivity index (χ1n) is 4.30. The van der Waals surface area contributed by atoms with Crippen LogP contribution in [0.4, 0.5) is 10.1 Å². The van der Waals surface area contributed by atoms with E-state index >= 15 is 0 Å². The molecule has 0 saturated heterocycles. The van der Waals surface area contributed by atoms with E-state index in [0.717, 1.165) is 0 Å². The van der Waals surface area contributed by atoms with Crippen molar-refractivity contribution >= 4 is 11.7 Å². The summed E-state index contributed by atoms with van der Waals surface area (Å²) in [7, 11) is 1.22. The van der Waals surface area contributed by atoms with Gasteiger partial charge in [0.15, 0.2) is 0 Å². The van der Waals surface area contributed by atoms with Gasteiger partial charge in [0.05, 0.1) is 12.7 Å². The monoisotopic (exact) mass is 197 g/mol. The van der Waals surface area contributed by atoms with Crippen molar-refractivity contribution in [1.29, 1.82) is 0 Å². The lowest BCUT2D eigenvalue weighted by Crippen LogP contribution is -2.06. The molecule has 0 saturated carbocycles. The van der Waals surface area contributed by atoms with Crippen LogP contribution in [0.5, 0.6) is 0 Å². The third-order valence-corrected chi connectivity index (χ3v) is 1.75. The number of benzene rings is 1. The number of halogens is 1. The molecule has 0 aliphatic rings. The molecule has 0 bridgehead atoms. The van der Waals surface area contributed by atoms with E-state index in [1.54, 1.807) is 6.07 Å². The molecule has 3 nitrogen and oxygen atoms in total. The van der Waals surface area contributed by atoms with Crippen LogP contribution in [0.2, 0.25) is 0 Å². The summed E-state index contributed by atoms with van der Waals surface area (Å²) in [6.07, 6.45) is 0. The Labute approximate surface area is 81.9 Å². The van der Waals surface area contributed by atoms with Crippen molar-refractivity contribution in [3.05, 3.63) is 29.6 Å². The Hall–Kier alpha value is -1.58. The highest BCUT2D eigenvalue weighted by molar-refractivity contribution is 5.90. The Balaban J connectivity index is 3.01. The molecule has 0 spiro atoms. The molecule has 0 amide bonds. The summed E-state index contributed by atoms with van der Waals surface area (Å²) in [6.45, 7) is 2.63. The van der Waals surface area contributed by atoms with Gasteiger partial charge in [-0.15, -0.1) is 0 Å². The third kappa shape index (κ3) is 2.22. The Morgan fingerprint density at radius 1 is 1.57 bits per heavy atom. The highest BCUT2D eigenvalue weighted by Crippen LogP contribution is 2.15. The van der Waals surface area contributed by atoms with Crippen molar-refractivity contribution in [2.24, 2.45) is 0 Å². The first-order valence-corrected chi connectivity index (χ1v) is 4.30. The van der Waals surface area contributed by atoms with Gasteiger partial charge in [-0.3, -0.25) is 0 Å². The number of rotatable bonds is 3. The number of carbonyl (C=O) groups excluding carboxylic acids is 1. The molecule has 14 heavy (non-hydrogen) atoms. The van der Waals surface area contributed by atoms with Crippen molar-refractivity contribution in [2.75, 3.05) is 19.0 Å². The minimum absolute atomic E-state index is 0.0500. The standard InChI is InChI=1S/C10H12FNO2/c1-3-12-7-4-5-9(11)8(6-7)10(13)14-2/h4-6,12H,3H2,1-2H3. The Bertz CT molecular complexity index is 339. The van der Waals surface area contributed by atoms with Gasteiger partial charge in [-0.1, -0.05) is 0 Å². The van der Waals surface area contributed by atoms with Crippen LogP contribution in [0, 0.1) is 5.82 Å². The summed E-state index contributed by atoms with van der Waals surface area (Å²) in [4.78, 5) is 11.1. The van der Waals surface area contributed by atoms with Crippen LogP contribution >= 0.6 is 0 Å². The van der Waals surface area contributed by atoms with Gasteiger partial charge in [-0.05, 0) is 25.1 Å². The second-order valence-electron chi connectivity index (χ2n) is 2.72. The van der Waals surface area contributed by atoms with Gasteiger partial charge < -0.3 is 10.1 Å². The van der Waals surface area contributed by atoms with Gasteiger partial charge in [-0.25, -0.2) is 9.18 Å². The topological polar surface area (TPSA) is 38.3 Å². The predicted octanol–water partition coefficient (Wildman–Crippen LogP) is 2.04. The maximum Gasteiger partial charge on any atom is 0.340 e. The van der Waals surface area contributed by atoms with Crippen LogP contribution in [0.15, 0.2) is 18.2 Å². The number of hydrogen-bond acceptors (Lipinski definition) is 3. The summed E-state index contributed by atoms with van der Waals surface area (Å²) in [5.41, 5.74) is 0.653. The largest absolute Gasteiger partial charge is 0.465 e. The van der Waals surface area contributed by atoms with Crippen molar-refractivity contribution in [2.45, 2.75) is 6.92 Å². The van der Waals surface area contributed by atoms with Gasteiger partial charge in [-0.2, -0.15) is 0 Å². The molecule has 1 N–H and O–H groups in total. The molecule has 0 aromatic heterocycles. The Kier molecular flexibility index (Phi) is 3.45. The van der Waals surface area contributed by atoms with E-state index in [9.17, 15) is 9.18 Å². The fraction of sp³-hybridized carbons (Fsp3) is 0.300. The zero-order valence-corrected chi connectivity index (χ0v) is 8.13. The van der Waals surface area contributed by atoms with Crippen molar-refractivity contribution in [3.8, 4) is 0 Å². The van der Waals surface area contributed by atoms with Gasteiger partial charge in [0.1, 0.15) is 5.82 Å². The number of esters is 1. The number of nitrogens with one attached hydrogen (secondary N) is 1. The van der Waals surface area contributed by atoms with Crippen molar-refractivity contribution in [3.63, 3.8) is 0 Å². The first kappa shape index (κ1) is 10.5. The molecule has 1 aromatic carbocycles. The quantitative estimate of drug-likeness (QED) is 0.753. The number of hydrogen-bond donors (Lipinski definition) is 1. The highest BCUT2D eigenvalue weighted by Gasteiger charge is 2.12. The smallest absolute Gasteiger partial charge is 0.340 e. The molecule has 0 heterocycles. The van der Waals surface area contributed by atoms with E-state index in [4.69, 9.17) is 0 Å². The minimum atomic E-state index is -0.665. The third-order valence-electron chi connectivity index (χ3n) is 1.75. The molecule has 4 heteroatoms. The van der Waals surface area contributed by atoms with E-state index in [1.807, 2.05) is 6.92 Å². The van der Waals surface area contributed by atoms with Gasteiger partial charge >= 0.3 is 5.97 Å². The lowest BCUT2D eigenvalue weighted by Gasteiger charge is -2.05. The second kappa shape index (κ2) is 4.60. The van der Waals surface area contributed by atoms with E-state index in [-0.39, 0.29) is 5.56 Å². The molecular weight excluding hydrogens is 185 g/mol. The fourth-order valence-corrected chi connectivity index (χ4v) is 1.11. The number of methoxy groups -OCH3 is 1. The van der Waals surface area contributed by atoms with Crippen LogP contribution in [-0.2, 0) is 4.74 Å². The fourth-order valence-electron chi connectivity index (χ4n) is 1.11. The Morgan fingerprint density at radius 2 is 2.29 bits per heavy atom. The molecular formula is C10H12FNO2. The summed E-state index contributed by atoms with van der Waals surface area (Å²) in [5.74, 6) is -1.24. The molecule has 0 unspecified atom stereocenters. The van der Waals surface area contributed by atoms with Crippen LogP contribution in [0.25, 0.3) is 0 Å². The van der Waals surface area contributed by atoms with Gasteiger partial charge in [0, 0.05) is 12.2 Å². The second-order valence-corrected chi connectivity index (χ2v) is 2.72. The summed E-state index contributed by atoms with van der Waals surface area (Å²) in [5, 5.41) is 2.98. The van der Waals surface area contributed by atoms with Crippen LogP contribution in [0.1, 0.15) is 17.3 Å². The van der Waals surface area contributed by atoms with Crippen LogP contribution in [0.3, 0.4) is 0 Å². The minimum Gasteiger partial charge on any atom is -0.465 e. The average molecular weight is 197 g/mol.